The fourth-order valence-electron chi connectivity index (χ4n) is 3.18. The lowest BCUT2D eigenvalue weighted by atomic mass is 10.1. The Hall–Kier alpha value is -3.49. The van der Waals surface area contributed by atoms with E-state index < -0.39 is 12.1 Å². The number of ether oxygens (including phenoxy) is 1. The van der Waals surface area contributed by atoms with Crippen LogP contribution in [0, 0.1) is 0 Å². The minimum absolute atomic E-state index is 0.333. The van der Waals surface area contributed by atoms with E-state index in [0.29, 0.717) is 18.3 Å². The van der Waals surface area contributed by atoms with Gasteiger partial charge in [-0.25, -0.2) is 9.37 Å². The number of amides is 3. The van der Waals surface area contributed by atoms with E-state index in [2.05, 4.69) is 22.1 Å². The van der Waals surface area contributed by atoms with Crippen LogP contribution in [0.1, 0.15) is 19.4 Å². The fourth-order valence-corrected chi connectivity index (χ4v) is 3.18. The number of carbonyl (C=O) groups is 2. The van der Waals surface area contributed by atoms with Crippen LogP contribution in [0.25, 0.3) is 0 Å². The van der Waals surface area contributed by atoms with Crippen LogP contribution in [0.3, 0.4) is 0 Å². The highest BCUT2D eigenvalue weighted by atomic mass is 16.5. The van der Waals surface area contributed by atoms with E-state index in [1.807, 2.05) is 38.1 Å². The third-order valence-corrected chi connectivity index (χ3v) is 4.80. The van der Waals surface area contributed by atoms with Crippen molar-refractivity contribution < 1.29 is 18.9 Å². The summed E-state index contributed by atoms with van der Waals surface area (Å²) in [5, 5.41) is 4.42. The molecule has 2 heterocycles. The van der Waals surface area contributed by atoms with Crippen LogP contribution in [0.15, 0.2) is 46.5 Å². The van der Waals surface area contributed by atoms with Crippen LogP contribution in [0.2, 0.25) is 0 Å². The van der Waals surface area contributed by atoms with Gasteiger partial charge < -0.3 is 4.74 Å². The maximum absolute atomic E-state index is 12.8. The zero-order valence-electron chi connectivity index (χ0n) is 17.3. The van der Waals surface area contributed by atoms with Crippen LogP contribution in [-0.2, 0) is 4.79 Å². The molecule has 3 amide bonds. The summed E-state index contributed by atoms with van der Waals surface area (Å²) in [6, 6.07) is 6.41. The van der Waals surface area contributed by atoms with Crippen molar-refractivity contribution in [3.63, 3.8) is 0 Å². The summed E-state index contributed by atoms with van der Waals surface area (Å²) in [7, 11) is 4.68. The van der Waals surface area contributed by atoms with Crippen molar-refractivity contribution in [3.8, 4) is 5.75 Å². The quantitative estimate of drug-likeness (QED) is 0.351. The third-order valence-electron chi connectivity index (χ3n) is 4.80. The number of urea groups is 1. The second-order valence-corrected chi connectivity index (χ2v) is 7.06. The summed E-state index contributed by atoms with van der Waals surface area (Å²) < 4.78 is 6.94. The van der Waals surface area contributed by atoms with Gasteiger partial charge in [0.2, 0.25) is 11.9 Å². The Balaban J connectivity index is 1.93. The van der Waals surface area contributed by atoms with Crippen LogP contribution in [-0.4, -0.2) is 77.6 Å². The smallest absolute Gasteiger partial charge is 0.414 e. The van der Waals surface area contributed by atoms with E-state index in [9.17, 15) is 9.59 Å². The average Bonchev–Trinajstić information content (AvgIpc) is 3.06. The summed E-state index contributed by atoms with van der Waals surface area (Å²) in [6.07, 6.45) is 0. The van der Waals surface area contributed by atoms with Gasteiger partial charge in [0, 0.05) is 14.1 Å². The van der Waals surface area contributed by atoms with Gasteiger partial charge in [-0.05, 0) is 49.2 Å². The molecule has 29 heavy (non-hydrogen) atoms. The predicted octanol–water partition coefficient (Wildman–Crippen LogP) is 1.26. The number of methoxy groups -OCH3 is 1. The molecule has 3 rings (SSSR count). The molecule has 1 N–H and O–H groups in total. The first-order valence-electron chi connectivity index (χ1n) is 9.11. The van der Waals surface area contributed by atoms with Crippen LogP contribution in [0.4, 0.5) is 4.79 Å². The molecule has 2 aliphatic heterocycles. The second-order valence-electron chi connectivity index (χ2n) is 7.06. The molecule has 9 nitrogen and oxygen atoms in total. The number of imide groups is 1. The van der Waals surface area contributed by atoms with E-state index in [4.69, 9.17) is 4.74 Å². The molecule has 0 spiro atoms. The van der Waals surface area contributed by atoms with Crippen molar-refractivity contribution in [2.24, 2.45) is 10.1 Å². The lowest BCUT2D eigenvalue weighted by Gasteiger charge is -2.31. The number of fused-ring (bicyclic) bond motifs is 1. The molecule has 152 valence electrons. The van der Waals surface area contributed by atoms with E-state index in [0.717, 1.165) is 27.5 Å². The largest absolute Gasteiger partial charge is 0.497 e. The maximum atomic E-state index is 12.8. The molecule has 9 heteroatoms. The normalized spacial score (nSPS) is 19.4. The van der Waals surface area contributed by atoms with E-state index in [-0.39, 0.29) is 5.91 Å². The number of guanidine groups is 1. The van der Waals surface area contributed by atoms with E-state index in [1.54, 1.807) is 18.7 Å². The lowest BCUT2D eigenvalue weighted by Crippen LogP contribution is -2.61. The Morgan fingerprint density at radius 3 is 2.48 bits per heavy atom. The van der Waals surface area contributed by atoms with Gasteiger partial charge in [-0.1, -0.05) is 11.6 Å². The Morgan fingerprint density at radius 1 is 1.24 bits per heavy atom. The van der Waals surface area contributed by atoms with E-state index in [1.165, 1.54) is 11.9 Å². The highest BCUT2D eigenvalue weighted by Crippen LogP contribution is 2.19. The average molecular weight is 397 g/mol. The first-order chi connectivity index (χ1) is 13.7. The Labute approximate surface area is 169 Å². The molecule has 0 saturated carbocycles. The first kappa shape index (κ1) is 20.2. The standard InChI is InChI=1S/C20H24N6O3/c1-12(2)11-26-16-17(24(4)20(28)25(5)18(16)27)21-19(26)23-22-13(3)14-7-9-15(29-6)10-8-14/h7-10,16H,1,11H2,2-6H3/p+1/b22-13+. The highest BCUT2D eigenvalue weighted by molar-refractivity contribution is 6.22. The van der Waals surface area contributed by atoms with Crippen molar-refractivity contribution in [2.45, 2.75) is 19.9 Å². The van der Waals surface area contributed by atoms with Gasteiger partial charge in [-0.2, -0.15) is 5.43 Å². The number of likely N-dealkylation sites (N-methyl/N-ethyl adjacent to an activating group) is 2. The molecule has 0 radical (unpaired) electrons. The number of hydrogen-bond acceptors (Lipinski definition) is 6. The summed E-state index contributed by atoms with van der Waals surface area (Å²) >= 11 is 0. The van der Waals surface area contributed by atoms with E-state index >= 15 is 0 Å². The first-order valence-corrected chi connectivity index (χ1v) is 9.11. The number of nitrogens with one attached hydrogen (secondary N) is 1. The number of aliphatic imine (C=N–C) groups is 1. The molecule has 1 unspecified atom stereocenters. The molecule has 2 aliphatic rings. The minimum atomic E-state index is -0.696. The Kier molecular flexibility index (Phi) is 5.49. The summed E-state index contributed by atoms with van der Waals surface area (Å²) in [5.41, 5.74) is 5.45. The SMILES string of the molecule is C=C(C)C[N+]1=C(N/N=C(\C)c2ccc(OC)cc2)N=C2C1C(=O)N(C)C(=O)N2C. The van der Waals surface area contributed by atoms with Gasteiger partial charge in [0.05, 0.1) is 19.4 Å². The fraction of sp³-hybridized carbons (Fsp3) is 0.350. The predicted molar refractivity (Wildman–Crippen MR) is 110 cm³/mol. The number of hydrogen-bond donors (Lipinski definition) is 1. The Bertz CT molecular complexity index is 961. The van der Waals surface area contributed by atoms with Crippen molar-refractivity contribution in [3.05, 3.63) is 42.0 Å². The van der Waals surface area contributed by atoms with Gasteiger partial charge in [-0.15, -0.1) is 5.10 Å². The van der Waals surface area contributed by atoms with Crippen molar-refractivity contribution in [2.75, 3.05) is 27.7 Å². The zero-order chi connectivity index (χ0) is 21.3. The molecule has 1 atom stereocenters. The van der Waals surface area contributed by atoms with Crippen molar-refractivity contribution in [1.29, 1.82) is 0 Å². The number of nitrogens with zero attached hydrogens (tertiary/aromatic N) is 5. The molecule has 1 saturated heterocycles. The summed E-state index contributed by atoms with van der Waals surface area (Å²) in [5.74, 6) is 1.20. The van der Waals surface area contributed by atoms with Crippen LogP contribution < -0.4 is 10.2 Å². The molecule has 1 fully saturated rings. The maximum Gasteiger partial charge on any atom is 0.414 e. The summed E-state index contributed by atoms with van der Waals surface area (Å²) in [6.45, 7) is 8.07. The number of benzene rings is 1. The monoisotopic (exact) mass is 397 g/mol. The number of carbonyl (C=O) groups excluding carboxylic acids is 2. The van der Waals surface area contributed by atoms with Gasteiger partial charge in [0.25, 0.3) is 5.91 Å². The van der Waals surface area contributed by atoms with Gasteiger partial charge in [0.15, 0.2) is 0 Å². The highest BCUT2D eigenvalue weighted by Gasteiger charge is 2.51. The van der Waals surface area contributed by atoms with Gasteiger partial charge >= 0.3 is 12.0 Å². The number of rotatable bonds is 5. The van der Waals surface area contributed by atoms with Crippen LogP contribution >= 0.6 is 0 Å². The molecule has 0 bridgehead atoms. The number of amidine groups is 1. The summed E-state index contributed by atoms with van der Waals surface area (Å²) in [4.78, 5) is 32.0. The minimum Gasteiger partial charge on any atom is -0.497 e. The Morgan fingerprint density at radius 2 is 1.90 bits per heavy atom. The topological polar surface area (TPSA) is 89.6 Å². The zero-order valence-corrected chi connectivity index (χ0v) is 17.3. The third kappa shape index (κ3) is 3.75. The van der Waals surface area contributed by atoms with Gasteiger partial charge in [-0.3, -0.25) is 14.6 Å². The van der Waals surface area contributed by atoms with Crippen LogP contribution in [0.5, 0.6) is 5.75 Å². The second kappa shape index (κ2) is 7.86. The molecule has 1 aromatic rings. The molecule has 0 aliphatic carbocycles. The lowest BCUT2D eigenvalue weighted by molar-refractivity contribution is -0.529. The molecular weight excluding hydrogens is 372 g/mol. The van der Waals surface area contributed by atoms with Crippen molar-refractivity contribution >= 4 is 29.4 Å². The van der Waals surface area contributed by atoms with Crippen molar-refractivity contribution in [1.82, 2.24) is 15.2 Å². The molecule has 1 aromatic carbocycles. The number of hydrazone groups is 1. The molecular formula is C20H25N6O3+. The van der Waals surface area contributed by atoms with Gasteiger partial charge in [0.1, 0.15) is 5.75 Å². The molecule has 0 aromatic heterocycles.